The molecule has 0 aliphatic heterocycles. The van der Waals surface area contributed by atoms with E-state index < -0.39 is 12.2 Å². The molecule has 0 unspecified atom stereocenters. The molecular weight excluding hydrogens is 370 g/mol. The van der Waals surface area contributed by atoms with Gasteiger partial charge in [-0.2, -0.15) is 0 Å². The first-order chi connectivity index (χ1) is 14.4. The third kappa shape index (κ3) is 4.79. The summed E-state index contributed by atoms with van der Waals surface area (Å²) < 4.78 is 0. The first-order valence-electron chi connectivity index (χ1n) is 12.5. The van der Waals surface area contributed by atoms with Crippen LogP contribution in [0, 0.1) is 23.2 Å². The van der Waals surface area contributed by atoms with E-state index in [9.17, 15) is 10.2 Å². The lowest BCUT2D eigenvalue weighted by atomic mass is 9.60. The molecule has 3 N–H and O–H groups in total. The van der Waals surface area contributed by atoms with Crippen molar-refractivity contribution in [3.05, 3.63) is 35.5 Å². The van der Waals surface area contributed by atoms with Crippen LogP contribution in [0.2, 0.25) is 0 Å². The van der Waals surface area contributed by atoms with Crippen LogP contribution in [0.3, 0.4) is 0 Å². The van der Waals surface area contributed by atoms with Gasteiger partial charge in [-0.1, -0.05) is 43.7 Å². The maximum atomic E-state index is 10.1. The van der Waals surface area contributed by atoms with Crippen molar-refractivity contribution in [1.82, 2.24) is 5.32 Å². The third-order valence-corrected chi connectivity index (χ3v) is 8.87. The molecule has 0 aromatic heterocycles. The predicted molar refractivity (Wildman–Crippen MR) is 124 cm³/mol. The van der Waals surface area contributed by atoms with Crippen LogP contribution in [0.25, 0.3) is 0 Å². The Bertz CT molecular complexity index is 675. The second-order valence-corrected chi connectivity index (χ2v) is 11.0. The van der Waals surface area contributed by atoms with Crippen molar-refractivity contribution in [1.29, 1.82) is 0 Å². The fraction of sp³-hybridized carbons (Fsp3) is 0.778. The van der Waals surface area contributed by atoms with E-state index in [1.54, 1.807) is 5.57 Å². The molecule has 0 bridgehead atoms. The van der Waals surface area contributed by atoms with Crippen LogP contribution in [0.4, 0.5) is 0 Å². The molecule has 3 nitrogen and oxygen atoms in total. The Labute approximate surface area is 183 Å². The highest BCUT2D eigenvalue weighted by molar-refractivity contribution is 5.29. The molecule has 0 aromatic carbocycles. The van der Waals surface area contributed by atoms with Gasteiger partial charge in [0.2, 0.25) is 0 Å². The van der Waals surface area contributed by atoms with Gasteiger partial charge in [-0.05, 0) is 106 Å². The summed E-state index contributed by atoms with van der Waals surface area (Å²) >= 11 is 0. The van der Waals surface area contributed by atoms with Gasteiger partial charge in [0.1, 0.15) is 0 Å². The van der Waals surface area contributed by atoms with Gasteiger partial charge in [0.15, 0.2) is 0 Å². The summed E-state index contributed by atoms with van der Waals surface area (Å²) in [4.78, 5) is 0. The van der Waals surface area contributed by atoms with Crippen molar-refractivity contribution in [2.45, 2.75) is 103 Å². The van der Waals surface area contributed by atoms with E-state index in [1.807, 2.05) is 0 Å². The number of aliphatic hydroxyl groups is 2. The van der Waals surface area contributed by atoms with Gasteiger partial charge in [0.05, 0.1) is 12.2 Å². The van der Waals surface area contributed by atoms with Gasteiger partial charge in [-0.25, -0.2) is 0 Å². The monoisotopic (exact) mass is 413 g/mol. The predicted octanol–water partition coefficient (Wildman–Crippen LogP) is 5.30. The molecule has 4 saturated carbocycles. The number of nitrogens with one attached hydrogen (secondary N) is 1. The minimum atomic E-state index is -0.596. The lowest BCUT2D eigenvalue weighted by molar-refractivity contribution is 0.0934. The van der Waals surface area contributed by atoms with E-state index in [2.05, 4.69) is 37.9 Å². The van der Waals surface area contributed by atoms with Crippen LogP contribution in [-0.2, 0) is 0 Å². The summed E-state index contributed by atoms with van der Waals surface area (Å²) in [6.07, 6.45) is 16.7. The Hall–Kier alpha value is -0.900. The lowest BCUT2D eigenvalue weighted by Gasteiger charge is -2.44. The third-order valence-electron chi connectivity index (χ3n) is 8.87. The van der Waals surface area contributed by atoms with Crippen molar-refractivity contribution in [2.24, 2.45) is 23.2 Å². The van der Waals surface area contributed by atoms with Gasteiger partial charge in [-0.3, -0.25) is 0 Å². The van der Waals surface area contributed by atoms with Crippen LogP contribution in [0.15, 0.2) is 35.5 Å². The van der Waals surface area contributed by atoms with Crippen molar-refractivity contribution in [2.75, 3.05) is 6.54 Å². The molecule has 30 heavy (non-hydrogen) atoms. The van der Waals surface area contributed by atoms with Crippen LogP contribution in [-0.4, -0.2) is 35.0 Å². The first kappa shape index (κ1) is 22.3. The maximum Gasteiger partial charge on any atom is 0.0809 e. The molecule has 0 amide bonds. The Kier molecular flexibility index (Phi) is 6.91. The van der Waals surface area contributed by atoms with Crippen molar-refractivity contribution in [3.63, 3.8) is 0 Å². The Morgan fingerprint density at radius 3 is 2.57 bits per heavy atom. The van der Waals surface area contributed by atoms with Crippen molar-refractivity contribution in [3.8, 4) is 0 Å². The highest BCUT2D eigenvalue weighted by atomic mass is 16.3. The Balaban J connectivity index is 1.38. The Morgan fingerprint density at radius 1 is 1.13 bits per heavy atom. The smallest absolute Gasteiger partial charge is 0.0809 e. The molecule has 4 aliphatic carbocycles. The molecule has 0 spiro atoms. The molecular formula is C27H43NO2. The summed E-state index contributed by atoms with van der Waals surface area (Å²) in [6.45, 7) is 10.1. The number of hydrogen-bond acceptors (Lipinski definition) is 3. The van der Waals surface area contributed by atoms with Gasteiger partial charge >= 0.3 is 0 Å². The van der Waals surface area contributed by atoms with Gasteiger partial charge in [0, 0.05) is 6.04 Å². The van der Waals surface area contributed by atoms with Gasteiger partial charge in [-0.15, -0.1) is 0 Å². The highest BCUT2D eigenvalue weighted by Gasteiger charge is 2.50. The number of aliphatic hydroxyl groups excluding tert-OH is 2. The van der Waals surface area contributed by atoms with Gasteiger partial charge < -0.3 is 15.5 Å². The fourth-order valence-corrected chi connectivity index (χ4v) is 6.86. The average molecular weight is 414 g/mol. The molecule has 0 heterocycles. The molecule has 3 heteroatoms. The molecule has 0 aromatic rings. The van der Waals surface area contributed by atoms with E-state index in [4.69, 9.17) is 0 Å². The molecule has 4 rings (SSSR count). The second-order valence-electron chi connectivity index (χ2n) is 11.0. The first-order valence-corrected chi connectivity index (χ1v) is 12.5. The summed E-state index contributed by atoms with van der Waals surface area (Å²) in [7, 11) is 0. The SMILES string of the molecule is C=C1[C@H](O)CC(=CC=C2CCC[C@]3(C)[C@@H]([C@H](C)CCCNC4CC4)CC[C@@H]23)C[C@H]1O. The van der Waals surface area contributed by atoms with Crippen LogP contribution in [0.1, 0.15) is 84.5 Å². The van der Waals surface area contributed by atoms with E-state index in [0.717, 1.165) is 23.5 Å². The standard InChI is InChI=1S/C27H43NO2/c1-18(6-5-15-28-22-10-11-22)23-12-13-24-21(7-4-14-27(23,24)3)9-8-20-16-25(29)19(2)26(30)17-20/h8-9,18,22-26,28-30H,2,4-7,10-17H2,1,3H3/t18-,23-,24+,25-,26-,27-/m1/s1. The Morgan fingerprint density at radius 2 is 1.87 bits per heavy atom. The number of allylic oxidation sites excluding steroid dienone is 3. The van der Waals surface area contributed by atoms with Crippen LogP contribution in [0.5, 0.6) is 0 Å². The lowest BCUT2D eigenvalue weighted by Crippen LogP contribution is -2.36. The normalized spacial score (nSPS) is 39.3. The zero-order valence-corrected chi connectivity index (χ0v) is 19.2. The van der Waals surface area contributed by atoms with E-state index >= 15 is 0 Å². The summed E-state index contributed by atoms with van der Waals surface area (Å²) in [6, 6.07) is 0.832. The quantitative estimate of drug-likeness (QED) is 0.392. The topological polar surface area (TPSA) is 52.5 Å². The number of hydrogen-bond donors (Lipinski definition) is 3. The maximum absolute atomic E-state index is 10.1. The number of rotatable bonds is 7. The van der Waals surface area contributed by atoms with Crippen LogP contribution < -0.4 is 5.32 Å². The fourth-order valence-electron chi connectivity index (χ4n) is 6.86. The summed E-state index contributed by atoms with van der Waals surface area (Å²) in [5.41, 5.74) is 3.80. The molecule has 6 atom stereocenters. The molecule has 168 valence electrons. The molecule has 0 saturated heterocycles. The van der Waals surface area contributed by atoms with E-state index in [1.165, 1.54) is 64.3 Å². The average Bonchev–Trinajstić information content (AvgIpc) is 3.47. The van der Waals surface area contributed by atoms with Crippen molar-refractivity contribution >= 4 is 0 Å². The van der Waals surface area contributed by atoms with Crippen molar-refractivity contribution < 1.29 is 10.2 Å². The highest BCUT2D eigenvalue weighted by Crippen LogP contribution is 2.59. The zero-order chi connectivity index (χ0) is 21.3. The zero-order valence-electron chi connectivity index (χ0n) is 19.2. The molecule has 4 fully saturated rings. The van der Waals surface area contributed by atoms with Gasteiger partial charge in [0.25, 0.3) is 0 Å². The second kappa shape index (κ2) is 9.30. The minimum Gasteiger partial charge on any atom is -0.388 e. The minimum absolute atomic E-state index is 0.450. The largest absolute Gasteiger partial charge is 0.388 e. The van der Waals surface area contributed by atoms with E-state index in [0.29, 0.717) is 29.7 Å². The van der Waals surface area contributed by atoms with E-state index in [-0.39, 0.29) is 0 Å². The molecule has 0 radical (unpaired) electrons. The number of fused-ring (bicyclic) bond motifs is 1. The van der Waals surface area contributed by atoms with Crippen LogP contribution >= 0.6 is 0 Å². The summed E-state index contributed by atoms with van der Waals surface area (Å²) in [5.74, 6) is 2.38. The summed E-state index contributed by atoms with van der Waals surface area (Å²) in [5, 5.41) is 24.0. The molecule has 4 aliphatic rings.